The van der Waals surface area contributed by atoms with E-state index in [-0.39, 0.29) is 0 Å². The highest BCUT2D eigenvalue weighted by Crippen LogP contribution is 2.33. The average molecular weight is 417 g/mol. The van der Waals surface area contributed by atoms with Gasteiger partial charge < -0.3 is 5.32 Å². The molecular formula is C14H15Br2N3S. The Morgan fingerprint density at radius 3 is 2.85 bits per heavy atom. The summed E-state index contributed by atoms with van der Waals surface area (Å²) in [6.07, 6.45) is 5.40. The van der Waals surface area contributed by atoms with Crippen molar-refractivity contribution in [3.8, 4) is 10.7 Å². The smallest absolute Gasteiger partial charge is 0.143 e. The number of aryl methyl sites for hydroxylation is 1. The van der Waals surface area contributed by atoms with Crippen LogP contribution in [0.25, 0.3) is 10.7 Å². The molecule has 20 heavy (non-hydrogen) atoms. The molecule has 0 saturated heterocycles. The molecule has 0 unspecified atom stereocenters. The monoisotopic (exact) mass is 415 g/mol. The Morgan fingerprint density at radius 1 is 1.40 bits per heavy atom. The fraction of sp³-hybridized carbons (Fsp3) is 0.429. The number of rotatable bonds is 5. The predicted octanol–water partition coefficient (Wildman–Crippen LogP) is 4.54. The molecule has 1 fully saturated rings. The van der Waals surface area contributed by atoms with Crippen molar-refractivity contribution >= 4 is 43.2 Å². The van der Waals surface area contributed by atoms with Crippen molar-refractivity contribution in [1.82, 2.24) is 15.3 Å². The van der Waals surface area contributed by atoms with E-state index in [1.165, 1.54) is 23.4 Å². The molecule has 3 rings (SSSR count). The first-order chi connectivity index (χ1) is 9.67. The molecule has 0 spiro atoms. The summed E-state index contributed by atoms with van der Waals surface area (Å²) in [5.74, 6) is 0. The van der Waals surface area contributed by atoms with Crippen LogP contribution in [0.4, 0.5) is 0 Å². The molecular weight excluding hydrogens is 402 g/mol. The van der Waals surface area contributed by atoms with Gasteiger partial charge >= 0.3 is 0 Å². The van der Waals surface area contributed by atoms with E-state index >= 15 is 0 Å². The topological polar surface area (TPSA) is 37.8 Å². The molecule has 0 aromatic carbocycles. The summed E-state index contributed by atoms with van der Waals surface area (Å²) in [7, 11) is 0. The van der Waals surface area contributed by atoms with Crippen LogP contribution < -0.4 is 5.32 Å². The van der Waals surface area contributed by atoms with Gasteiger partial charge in [-0.25, -0.2) is 4.98 Å². The van der Waals surface area contributed by atoms with E-state index in [1.807, 2.05) is 12.3 Å². The summed E-state index contributed by atoms with van der Waals surface area (Å²) >= 11 is 8.75. The van der Waals surface area contributed by atoms with E-state index in [0.29, 0.717) is 0 Å². The maximum Gasteiger partial charge on any atom is 0.143 e. The van der Waals surface area contributed by atoms with Crippen molar-refractivity contribution in [3.05, 3.63) is 31.8 Å². The van der Waals surface area contributed by atoms with Gasteiger partial charge in [0.15, 0.2) is 0 Å². The molecule has 0 bridgehead atoms. The SMILES string of the molecule is CCc1nc(-c2ncc(Br)cc2Br)sc1CNC1CC1. The lowest BCUT2D eigenvalue weighted by molar-refractivity contribution is 0.689. The lowest BCUT2D eigenvalue weighted by atomic mass is 10.3. The molecule has 2 heterocycles. The van der Waals surface area contributed by atoms with Gasteiger partial charge in [0.25, 0.3) is 0 Å². The molecule has 0 aliphatic heterocycles. The van der Waals surface area contributed by atoms with E-state index < -0.39 is 0 Å². The molecule has 1 N–H and O–H groups in total. The van der Waals surface area contributed by atoms with E-state index in [4.69, 9.17) is 4.98 Å². The molecule has 3 nitrogen and oxygen atoms in total. The van der Waals surface area contributed by atoms with E-state index in [0.717, 1.165) is 38.7 Å². The number of hydrogen-bond acceptors (Lipinski definition) is 4. The quantitative estimate of drug-likeness (QED) is 0.777. The molecule has 2 aromatic rings. The summed E-state index contributed by atoms with van der Waals surface area (Å²) in [4.78, 5) is 10.6. The molecule has 2 aromatic heterocycles. The van der Waals surface area contributed by atoms with Crippen molar-refractivity contribution in [2.45, 2.75) is 38.8 Å². The molecule has 1 aliphatic carbocycles. The Kier molecular flexibility index (Phi) is 4.55. The number of hydrogen-bond donors (Lipinski definition) is 1. The maximum atomic E-state index is 4.76. The first-order valence-corrected chi connectivity index (χ1v) is 9.11. The molecule has 1 saturated carbocycles. The van der Waals surface area contributed by atoms with E-state index in [9.17, 15) is 0 Å². The standard InChI is InChI=1S/C14H15Br2N3S/c1-2-11-12(7-17-9-3-4-9)20-14(19-11)13-10(16)5-8(15)6-18-13/h5-6,9,17H,2-4,7H2,1H3. The van der Waals surface area contributed by atoms with Gasteiger partial charge in [-0.3, -0.25) is 4.98 Å². The van der Waals surface area contributed by atoms with Crippen molar-refractivity contribution in [2.75, 3.05) is 0 Å². The number of pyridine rings is 1. The Morgan fingerprint density at radius 2 is 2.20 bits per heavy atom. The normalized spacial score (nSPS) is 14.8. The summed E-state index contributed by atoms with van der Waals surface area (Å²) < 4.78 is 1.95. The van der Waals surface area contributed by atoms with Crippen LogP contribution in [0.1, 0.15) is 30.3 Å². The third-order valence-electron chi connectivity index (χ3n) is 3.25. The van der Waals surface area contributed by atoms with E-state index in [1.54, 1.807) is 11.3 Å². The first kappa shape index (κ1) is 14.6. The minimum atomic E-state index is 0.725. The van der Waals surface area contributed by atoms with Gasteiger partial charge in [0.1, 0.15) is 10.7 Å². The maximum absolute atomic E-state index is 4.76. The highest BCUT2D eigenvalue weighted by atomic mass is 79.9. The van der Waals surface area contributed by atoms with Crippen LogP contribution in [0.15, 0.2) is 21.2 Å². The van der Waals surface area contributed by atoms with Crippen LogP contribution in [0.3, 0.4) is 0 Å². The second kappa shape index (κ2) is 6.22. The summed E-state index contributed by atoms with van der Waals surface area (Å²) in [5, 5.41) is 4.56. The Balaban J connectivity index is 1.88. The molecule has 106 valence electrons. The van der Waals surface area contributed by atoms with Crippen LogP contribution in [-0.2, 0) is 13.0 Å². The largest absolute Gasteiger partial charge is 0.309 e. The summed E-state index contributed by atoms with van der Waals surface area (Å²) in [5.41, 5.74) is 2.11. The molecule has 0 atom stereocenters. The molecule has 1 aliphatic rings. The van der Waals surface area contributed by atoms with Gasteiger partial charge in [-0.05, 0) is 57.2 Å². The fourth-order valence-corrected chi connectivity index (χ4v) is 4.41. The van der Waals surface area contributed by atoms with Crippen molar-refractivity contribution in [1.29, 1.82) is 0 Å². The lowest BCUT2D eigenvalue weighted by Gasteiger charge is -2.00. The van der Waals surface area contributed by atoms with Gasteiger partial charge in [-0.15, -0.1) is 11.3 Å². The van der Waals surface area contributed by atoms with Crippen LogP contribution in [0, 0.1) is 0 Å². The Bertz CT molecular complexity index is 623. The van der Waals surface area contributed by atoms with Gasteiger partial charge in [0.05, 0.1) is 5.69 Å². The zero-order valence-electron chi connectivity index (χ0n) is 11.1. The third-order valence-corrected chi connectivity index (χ3v) is 5.39. The van der Waals surface area contributed by atoms with Crippen LogP contribution in [0.2, 0.25) is 0 Å². The lowest BCUT2D eigenvalue weighted by Crippen LogP contribution is -2.15. The second-order valence-electron chi connectivity index (χ2n) is 4.88. The number of nitrogens with zero attached hydrogens (tertiary/aromatic N) is 2. The predicted molar refractivity (Wildman–Crippen MR) is 90.0 cm³/mol. The molecule has 0 amide bonds. The van der Waals surface area contributed by atoms with Gasteiger partial charge in [0.2, 0.25) is 0 Å². The highest BCUT2D eigenvalue weighted by Gasteiger charge is 2.22. The van der Waals surface area contributed by atoms with Gasteiger partial charge in [-0.2, -0.15) is 0 Å². The summed E-state index contributed by atoms with van der Waals surface area (Å²) in [6.45, 7) is 3.09. The van der Waals surface area contributed by atoms with Crippen molar-refractivity contribution < 1.29 is 0 Å². The van der Waals surface area contributed by atoms with Crippen molar-refractivity contribution in [3.63, 3.8) is 0 Å². The number of thiazole rings is 1. The van der Waals surface area contributed by atoms with Gasteiger partial charge in [-0.1, -0.05) is 6.92 Å². The number of aromatic nitrogens is 2. The molecule has 0 radical (unpaired) electrons. The number of halogens is 2. The van der Waals surface area contributed by atoms with Crippen LogP contribution >= 0.6 is 43.2 Å². The summed E-state index contributed by atoms with van der Waals surface area (Å²) in [6, 6.07) is 2.74. The van der Waals surface area contributed by atoms with E-state index in [2.05, 4.69) is 49.1 Å². The molecule has 6 heteroatoms. The highest BCUT2D eigenvalue weighted by molar-refractivity contribution is 9.11. The zero-order chi connectivity index (χ0) is 14.1. The fourth-order valence-electron chi connectivity index (χ4n) is 2.00. The van der Waals surface area contributed by atoms with Crippen molar-refractivity contribution in [2.24, 2.45) is 0 Å². The minimum absolute atomic E-state index is 0.725. The minimum Gasteiger partial charge on any atom is -0.309 e. The zero-order valence-corrected chi connectivity index (χ0v) is 15.1. The Hall–Kier alpha value is -0.300. The second-order valence-corrected chi connectivity index (χ2v) is 7.74. The third kappa shape index (κ3) is 3.30. The number of nitrogens with one attached hydrogen (secondary N) is 1. The first-order valence-electron chi connectivity index (χ1n) is 6.70. The van der Waals surface area contributed by atoms with Gasteiger partial charge in [0, 0.05) is 32.6 Å². The Labute approximate surface area is 139 Å². The van der Waals surface area contributed by atoms with Crippen LogP contribution in [0.5, 0.6) is 0 Å². The average Bonchev–Trinajstić information content (AvgIpc) is 3.16. The van der Waals surface area contributed by atoms with Crippen LogP contribution in [-0.4, -0.2) is 16.0 Å².